The van der Waals surface area contributed by atoms with Crippen molar-refractivity contribution in [3.05, 3.63) is 101 Å². The summed E-state index contributed by atoms with van der Waals surface area (Å²) in [4.78, 5) is 21.6. The molecule has 0 spiro atoms. The third-order valence-corrected chi connectivity index (χ3v) is 5.14. The first-order valence-electron chi connectivity index (χ1n) is 10.7. The summed E-state index contributed by atoms with van der Waals surface area (Å²) in [7, 11) is 2.83. The topological polar surface area (TPSA) is 79.2 Å². The number of benzene rings is 2. The van der Waals surface area contributed by atoms with Crippen LogP contribution in [0, 0.1) is 13.8 Å². The molecule has 176 valence electrons. The minimum absolute atomic E-state index is 0.275. The Labute approximate surface area is 199 Å². The van der Waals surface area contributed by atoms with Crippen LogP contribution < -0.4 is 4.74 Å². The van der Waals surface area contributed by atoms with Gasteiger partial charge in [0.05, 0.1) is 26.7 Å². The number of aryl methyl sites for hydroxylation is 2. The molecule has 0 radical (unpaired) electrons. The van der Waals surface area contributed by atoms with E-state index in [1.54, 1.807) is 18.6 Å². The van der Waals surface area contributed by atoms with Crippen molar-refractivity contribution in [3.63, 3.8) is 0 Å². The van der Waals surface area contributed by atoms with Gasteiger partial charge in [-0.1, -0.05) is 29.4 Å². The van der Waals surface area contributed by atoms with E-state index in [4.69, 9.17) is 19.0 Å². The Morgan fingerprint density at radius 3 is 2.50 bits per heavy atom. The third kappa shape index (κ3) is 6.45. The SMILES string of the molecule is CO/C=C(/C(=O)OC)c1ccccc1COc1cc(C)c(/C=N/OCc2ccncc2)cc1C. The maximum Gasteiger partial charge on any atom is 0.341 e. The average Bonchev–Trinajstić information content (AvgIpc) is 2.86. The van der Waals surface area contributed by atoms with Crippen LogP contribution in [0.15, 0.2) is 72.3 Å². The standard InChI is InChI=1S/C27H28N2O5/c1-19-14-26(20(2)13-23(19)15-29-34-16-21-9-11-28-12-10-21)33-17-22-7-5-6-8-24(22)25(18-31-3)27(30)32-4/h5-15,18H,16-17H2,1-4H3/b25-18+,29-15+. The predicted octanol–water partition coefficient (Wildman–Crippen LogP) is 4.99. The van der Waals surface area contributed by atoms with E-state index in [9.17, 15) is 4.79 Å². The van der Waals surface area contributed by atoms with Gasteiger partial charge in [0, 0.05) is 12.4 Å². The molecule has 7 heteroatoms. The lowest BCUT2D eigenvalue weighted by Crippen LogP contribution is -2.08. The quantitative estimate of drug-likeness (QED) is 0.139. The van der Waals surface area contributed by atoms with Crippen molar-refractivity contribution < 1.29 is 23.8 Å². The van der Waals surface area contributed by atoms with E-state index in [1.165, 1.54) is 20.5 Å². The van der Waals surface area contributed by atoms with Crippen LogP contribution in [-0.2, 0) is 32.3 Å². The second-order valence-electron chi connectivity index (χ2n) is 7.54. The van der Waals surface area contributed by atoms with Crippen LogP contribution in [0.4, 0.5) is 0 Å². The second kappa shape index (κ2) is 12.2. The number of ether oxygens (including phenoxy) is 3. The van der Waals surface area contributed by atoms with Crippen LogP contribution >= 0.6 is 0 Å². The maximum absolute atomic E-state index is 12.2. The molecule has 0 aliphatic rings. The molecule has 3 aromatic rings. The van der Waals surface area contributed by atoms with E-state index in [-0.39, 0.29) is 6.61 Å². The molecule has 0 saturated heterocycles. The molecule has 7 nitrogen and oxygen atoms in total. The molecule has 0 bridgehead atoms. The van der Waals surface area contributed by atoms with E-state index in [1.807, 2.05) is 62.4 Å². The van der Waals surface area contributed by atoms with E-state index < -0.39 is 5.97 Å². The first kappa shape index (κ1) is 24.5. The molecule has 0 aliphatic heterocycles. The minimum atomic E-state index is -0.476. The summed E-state index contributed by atoms with van der Waals surface area (Å²) >= 11 is 0. The first-order chi connectivity index (χ1) is 16.5. The molecule has 0 atom stereocenters. The lowest BCUT2D eigenvalue weighted by molar-refractivity contribution is -0.133. The molecule has 1 heterocycles. The number of nitrogens with zero attached hydrogens (tertiary/aromatic N) is 2. The summed E-state index contributed by atoms with van der Waals surface area (Å²) in [6.07, 6.45) is 6.51. The van der Waals surface area contributed by atoms with Gasteiger partial charge in [-0.15, -0.1) is 0 Å². The van der Waals surface area contributed by atoms with Gasteiger partial charge in [-0.3, -0.25) is 4.98 Å². The summed E-state index contributed by atoms with van der Waals surface area (Å²) in [5.74, 6) is 0.272. The molecule has 0 saturated carbocycles. The molecule has 2 aromatic carbocycles. The maximum atomic E-state index is 12.2. The fourth-order valence-corrected chi connectivity index (χ4v) is 3.31. The average molecular weight is 461 g/mol. The molecule has 34 heavy (non-hydrogen) atoms. The molecule has 0 aliphatic carbocycles. The number of hydrogen-bond acceptors (Lipinski definition) is 7. The summed E-state index contributed by atoms with van der Waals surface area (Å²) in [6.45, 7) is 4.61. The van der Waals surface area contributed by atoms with Crippen molar-refractivity contribution in [2.75, 3.05) is 14.2 Å². The zero-order valence-corrected chi connectivity index (χ0v) is 19.8. The zero-order valence-electron chi connectivity index (χ0n) is 19.8. The Morgan fingerprint density at radius 1 is 1.00 bits per heavy atom. The predicted molar refractivity (Wildman–Crippen MR) is 130 cm³/mol. The van der Waals surface area contributed by atoms with Crippen LogP contribution in [0.5, 0.6) is 5.75 Å². The molecular formula is C27H28N2O5. The van der Waals surface area contributed by atoms with Crippen LogP contribution in [0.25, 0.3) is 5.57 Å². The van der Waals surface area contributed by atoms with Gasteiger partial charge >= 0.3 is 5.97 Å². The van der Waals surface area contributed by atoms with Gasteiger partial charge in [0.1, 0.15) is 24.5 Å². The van der Waals surface area contributed by atoms with Crippen molar-refractivity contribution in [1.29, 1.82) is 0 Å². The fourth-order valence-electron chi connectivity index (χ4n) is 3.31. The molecule has 0 N–H and O–H groups in total. The monoisotopic (exact) mass is 460 g/mol. The highest BCUT2D eigenvalue weighted by Crippen LogP contribution is 2.26. The minimum Gasteiger partial charge on any atom is -0.503 e. The Balaban J connectivity index is 1.70. The van der Waals surface area contributed by atoms with Gasteiger partial charge in [0.2, 0.25) is 0 Å². The highest BCUT2D eigenvalue weighted by atomic mass is 16.6. The van der Waals surface area contributed by atoms with Crippen LogP contribution in [0.2, 0.25) is 0 Å². The van der Waals surface area contributed by atoms with E-state index in [2.05, 4.69) is 10.1 Å². The van der Waals surface area contributed by atoms with Gasteiger partial charge in [-0.25, -0.2) is 4.79 Å². The molecule has 3 rings (SSSR count). The smallest absolute Gasteiger partial charge is 0.341 e. The number of esters is 1. The van der Waals surface area contributed by atoms with Gasteiger partial charge < -0.3 is 19.0 Å². The van der Waals surface area contributed by atoms with Crippen LogP contribution in [0.3, 0.4) is 0 Å². The lowest BCUT2D eigenvalue weighted by atomic mass is 10.0. The number of hydrogen-bond donors (Lipinski definition) is 0. The third-order valence-electron chi connectivity index (χ3n) is 5.14. The summed E-state index contributed by atoms with van der Waals surface area (Å²) in [6, 6.07) is 15.2. The lowest BCUT2D eigenvalue weighted by Gasteiger charge is -2.15. The second-order valence-corrected chi connectivity index (χ2v) is 7.54. The van der Waals surface area contributed by atoms with E-state index in [0.717, 1.165) is 33.6 Å². The van der Waals surface area contributed by atoms with Crippen LogP contribution in [0.1, 0.15) is 33.4 Å². The number of carbonyl (C=O) groups is 1. The normalized spacial score (nSPS) is 11.4. The Kier molecular flexibility index (Phi) is 8.80. The van der Waals surface area contributed by atoms with Gasteiger partial charge in [-0.2, -0.15) is 0 Å². The number of pyridine rings is 1. The molecule has 0 fully saturated rings. The highest BCUT2D eigenvalue weighted by Gasteiger charge is 2.17. The van der Waals surface area contributed by atoms with E-state index >= 15 is 0 Å². The zero-order chi connectivity index (χ0) is 24.3. The highest BCUT2D eigenvalue weighted by molar-refractivity contribution is 6.16. The molecule has 0 unspecified atom stereocenters. The Hall–Kier alpha value is -4.13. The molecular weight excluding hydrogens is 432 g/mol. The number of oxime groups is 1. The summed E-state index contributed by atoms with van der Waals surface area (Å²) in [5, 5.41) is 4.09. The largest absolute Gasteiger partial charge is 0.503 e. The number of methoxy groups -OCH3 is 2. The molecule has 1 aromatic heterocycles. The van der Waals surface area contributed by atoms with Crippen molar-refractivity contribution in [2.24, 2.45) is 5.16 Å². The number of rotatable bonds is 10. The van der Waals surface area contributed by atoms with Gasteiger partial charge in [0.15, 0.2) is 0 Å². The van der Waals surface area contributed by atoms with Crippen LogP contribution in [-0.4, -0.2) is 31.4 Å². The fraction of sp³-hybridized carbons (Fsp3) is 0.222. The van der Waals surface area contributed by atoms with Crippen molar-refractivity contribution in [1.82, 2.24) is 4.98 Å². The Bertz CT molecular complexity index is 1170. The summed E-state index contributed by atoms with van der Waals surface area (Å²) in [5.41, 5.74) is 5.76. The number of carbonyl (C=O) groups excluding carboxylic acids is 1. The summed E-state index contributed by atoms with van der Waals surface area (Å²) < 4.78 is 16.1. The molecule has 0 amide bonds. The Morgan fingerprint density at radius 2 is 1.76 bits per heavy atom. The number of aromatic nitrogens is 1. The van der Waals surface area contributed by atoms with E-state index in [0.29, 0.717) is 17.7 Å². The van der Waals surface area contributed by atoms with Crippen molar-refractivity contribution in [2.45, 2.75) is 27.1 Å². The van der Waals surface area contributed by atoms with Gasteiger partial charge in [0.25, 0.3) is 0 Å². The van der Waals surface area contributed by atoms with Crippen molar-refractivity contribution in [3.8, 4) is 5.75 Å². The first-order valence-corrected chi connectivity index (χ1v) is 10.7. The van der Waals surface area contributed by atoms with Gasteiger partial charge in [-0.05, 0) is 71.5 Å². The van der Waals surface area contributed by atoms with Crippen molar-refractivity contribution >= 4 is 17.8 Å².